The highest BCUT2D eigenvalue weighted by Crippen LogP contribution is 2.25. The SMILES string of the molecule is CCNCc1cnoc1-c1cc(F)cc(F)c1. The highest BCUT2D eigenvalue weighted by Gasteiger charge is 2.12. The fraction of sp³-hybridized carbons (Fsp3) is 0.250. The minimum atomic E-state index is -0.634. The van der Waals surface area contributed by atoms with E-state index in [1.807, 2.05) is 6.92 Å². The Morgan fingerprint density at radius 1 is 1.24 bits per heavy atom. The Labute approximate surface area is 97.4 Å². The Bertz CT molecular complexity index is 491. The molecule has 1 heterocycles. The van der Waals surface area contributed by atoms with E-state index in [1.54, 1.807) is 6.20 Å². The summed E-state index contributed by atoms with van der Waals surface area (Å²) < 4.78 is 31.2. The van der Waals surface area contributed by atoms with Gasteiger partial charge in [0.15, 0.2) is 5.76 Å². The molecular weight excluding hydrogens is 226 g/mol. The number of aromatic nitrogens is 1. The quantitative estimate of drug-likeness (QED) is 0.890. The van der Waals surface area contributed by atoms with Crippen LogP contribution in [0.25, 0.3) is 11.3 Å². The first kappa shape index (κ1) is 11.7. The zero-order chi connectivity index (χ0) is 12.3. The summed E-state index contributed by atoms with van der Waals surface area (Å²) in [5, 5.41) is 6.75. The molecule has 2 aromatic rings. The van der Waals surface area contributed by atoms with Gasteiger partial charge < -0.3 is 9.84 Å². The third-order valence-corrected chi connectivity index (χ3v) is 2.33. The Morgan fingerprint density at radius 2 is 1.94 bits per heavy atom. The maximum absolute atomic E-state index is 13.1. The van der Waals surface area contributed by atoms with Crippen LogP contribution >= 0.6 is 0 Å². The van der Waals surface area contributed by atoms with E-state index in [4.69, 9.17) is 4.52 Å². The van der Waals surface area contributed by atoms with Crippen LogP contribution in [0.2, 0.25) is 0 Å². The van der Waals surface area contributed by atoms with Gasteiger partial charge in [0.25, 0.3) is 0 Å². The molecule has 0 aliphatic rings. The van der Waals surface area contributed by atoms with E-state index in [0.717, 1.165) is 18.2 Å². The number of benzene rings is 1. The molecule has 0 amide bonds. The highest BCUT2D eigenvalue weighted by molar-refractivity contribution is 5.60. The van der Waals surface area contributed by atoms with Crippen LogP contribution in [-0.2, 0) is 6.54 Å². The first-order valence-corrected chi connectivity index (χ1v) is 5.31. The van der Waals surface area contributed by atoms with E-state index in [2.05, 4.69) is 10.5 Å². The van der Waals surface area contributed by atoms with Crippen LogP contribution in [0.5, 0.6) is 0 Å². The minimum Gasteiger partial charge on any atom is -0.356 e. The molecule has 0 saturated heterocycles. The molecule has 0 radical (unpaired) electrons. The fourth-order valence-electron chi connectivity index (χ4n) is 1.57. The maximum Gasteiger partial charge on any atom is 0.171 e. The Balaban J connectivity index is 2.35. The maximum atomic E-state index is 13.1. The van der Waals surface area contributed by atoms with Gasteiger partial charge >= 0.3 is 0 Å². The number of rotatable bonds is 4. The molecule has 90 valence electrons. The van der Waals surface area contributed by atoms with Crippen LogP contribution in [0.4, 0.5) is 8.78 Å². The van der Waals surface area contributed by atoms with Crippen LogP contribution in [0, 0.1) is 11.6 Å². The summed E-state index contributed by atoms with van der Waals surface area (Å²) in [7, 11) is 0. The summed E-state index contributed by atoms with van der Waals surface area (Å²) in [6.07, 6.45) is 1.54. The van der Waals surface area contributed by atoms with Crippen LogP contribution < -0.4 is 5.32 Å². The number of halogens is 2. The van der Waals surface area contributed by atoms with Crippen LogP contribution in [0.1, 0.15) is 12.5 Å². The van der Waals surface area contributed by atoms with Gasteiger partial charge in [-0.25, -0.2) is 8.78 Å². The average Bonchev–Trinajstić information content (AvgIpc) is 2.73. The van der Waals surface area contributed by atoms with Crippen LogP contribution in [0.3, 0.4) is 0 Å². The van der Waals surface area contributed by atoms with Crippen molar-refractivity contribution in [1.29, 1.82) is 0 Å². The van der Waals surface area contributed by atoms with Gasteiger partial charge in [-0.3, -0.25) is 0 Å². The number of hydrogen-bond donors (Lipinski definition) is 1. The second-order valence-electron chi connectivity index (χ2n) is 3.62. The molecule has 0 unspecified atom stereocenters. The molecular formula is C12H12F2N2O. The summed E-state index contributed by atoms with van der Waals surface area (Å²) in [4.78, 5) is 0. The zero-order valence-electron chi connectivity index (χ0n) is 9.34. The smallest absolute Gasteiger partial charge is 0.171 e. The van der Waals surface area contributed by atoms with Gasteiger partial charge in [0.1, 0.15) is 11.6 Å². The van der Waals surface area contributed by atoms with Gasteiger partial charge in [0.05, 0.1) is 6.20 Å². The third-order valence-electron chi connectivity index (χ3n) is 2.33. The van der Waals surface area contributed by atoms with Crippen molar-refractivity contribution in [3.05, 3.63) is 41.6 Å². The lowest BCUT2D eigenvalue weighted by Crippen LogP contribution is -2.11. The fourth-order valence-corrected chi connectivity index (χ4v) is 1.57. The van der Waals surface area contributed by atoms with Crippen LogP contribution in [-0.4, -0.2) is 11.7 Å². The van der Waals surface area contributed by atoms with Crippen LogP contribution in [0.15, 0.2) is 28.9 Å². The average molecular weight is 238 g/mol. The normalized spacial score (nSPS) is 10.8. The monoisotopic (exact) mass is 238 g/mol. The van der Waals surface area contributed by atoms with Gasteiger partial charge in [-0.15, -0.1) is 0 Å². The molecule has 5 heteroatoms. The van der Waals surface area contributed by atoms with E-state index in [0.29, 0.717) is 17.9 Å². The number of nitrogens with one attached hydrogen (secondary N) is 1. The summed E-state index contributed by atoms with van der Waals surface area (Å²) in [6.45, 7) is 3.31. The molecule has 0 aliphatic carbocycles. The van der Waals surface area contributed by atoms with Crippen molar-refractivity contribution in [3.8, 4) is 11.3 Å². The summed E-state index contributed by atoms with van der Waals surface area (Å²) in [5.41, 5.74) is 1.13. The molecule has 1 N–H and O–H groups in total. The van der Waals surface area contributed by atoms with Crippen molar-refractivity contribution < 1.29 is 13.3 Å². The lowest BCUT2D eigenvalue weighted by molar-refractivity contribution is 0.430. The molecule has 2 rings (SSSR count). The lowest BCUT2D eigenvalue weighted by Gasteiger charge is -2.02. The predicted octanol–water partition coefficient (Wildman–Crippen LogP) is 2.73. The molecule has 0 bridgehead atoms. The van der Waals surface area contributed by atoms with Crippen molar-refractivity contribution in [1.82, 2.24) is 10.5 Å². The second-order valence-corrected chi connectivity index (χ2v) is 3.62. The predicted molar refractivity (Wildman–Crippen MR) is 59.2 cm³/mol. The molecule has 17 heavy (non-hydrogen) atoms. The van der Waals surface area contributed by atoms with Crippen molar-refractivity contribution in [2.45, 2.75) is 13.5 Å². The first-order valence-electron chi connectivity index (χ1n) is 5.31. The second kappa shape index (κ2) is 5.05. The molecule has 0 spiro atoms. The standard InChI is InChI=1S/C12H12F2N2O/c1-2-15-6-9-7-16-17-12(9)8-3-10(13)5-11(14)4-8/h3-5,7,15H,2,6H2,1H3. The molecule has 0 saturated carbocycles. The largest absolute Gasteiger partial charge is 0.356 e. The lowest BCUT2D eigenvalue weighted by atomic mass is 10.1. The summed E-state index contributed by atoms with van der Waals surface area (Å²) in [5.74, 6) is -0.874. The molecule has 0 atom stereocenters. The van der Waals surface area contributed by atoms with Gasteiger partial charge in [0.2, 0.25) is 0 Å². The molecule has 0 fully saturated rings. The van der Waals surface area contributed by atoms with Crippen molar-refractivity contribution in [2.75, 3.05) is 6.54 Å². The van der Waals surface area contributed by atoms with Crippen molar-refractivity contribution >= 4 is 0 Å². The summed E-state index contributed by atoms with van der Waals surface area (Å²) >= 11 is 0. The summed E-state index contributed by atoms with van der Waals surface area (Å²) in [6, 6.07) is 3.27. The molecule has 1 aromatic carbocycles. The van der Waals surface area contributed by atoms with Crippen molar-refractivity contribution in [2.24, 2.45) is 0 Å². The zero-order valence-corrected chi connectivity index (χ0v) is 9.34. The van der Waals surface area contributed by atoms with Gasteiger partial charge in [0, 0.05) is 23.7 Å². The topological polar surface area (TPSA) is 38.1 Å². The van der Waals surface area contributed by atoms with E-state index in [9.17, 15) is 8.78 Å². The van der Waals surface area contributed by atoms with E-state index in [1.165, 1.54) is 12.1 Å². The highest BCUT2D eigenvalue weighted by atomic mass is 19.1. The van der Waals surface area contributed by atoms with Gasteiger partial charge in [-0.05, 0) is 18.7 Å². The van der Waals surface area contributed by atoms with Gasteiger partial charge in [-0.1, -0.05) is 12.1 Å². The van der Waals surface area contributed by atoms with E-state index < -0.39 is 11.6 Å². The minimum absolute atomic E-state index is 0.355. The number of hydrogen-bond acceptors (Lipinski definition) is 3. The number of nitrogens with zero attached hydrogens (tertiary/aromatic N) is 1. The van der Waals surface area contributed by atoms with E-state index in [-0.39, 0.29) is 0 Å². The van der Waals surface area contributed by atoms with Crippen molar-refractivity contribution in [3.63, 3.8) is 0 Å². The third kappa shape index (κ3) is 2.68. The Morgan fingerprint density at radius 3 is 2.59 bits per heavy atom. The first-order chi connectivity index (χ1) is 8.20. The molecule has 1 aromatic heterocycles. The molecule has 0 aliphatic heterocycles. The molecule has 3 nitrogen and oxygen atoms in total. The Hall–Kier alpha value is -1.75. The van der Waals surface area contributed by atoms with Gasteiger partial charge in [-0.2, -0.15) is 0 Å². The Kier molecular flexibility index (Phi) is 3.49. The van der Waals surface area contributed by atoms with E-state index >= 15 is 0 Å².